The highest BCUT2D eigenvalue weighted by Gasteiger charge is 2.24. The number of hydrogen-bond acceptors (Lipinski definition) is 2. The Morgan fingerprint density at radius 3 is 2.53 bits per heavy atom. The number of methoxy groups -OCH3 is 1. The third kappa shape index (κ3) is 2.58. The van der Waals surface area contributed by atoms with E-state index in [1.807, 2.05) is 6.92 Å². The molecule has 0 radical (unpaired) electrons. The number of nitrogens with two attached hydrogens (primary N) is 1. The lowest BCUT2D eigenvalue weighted by Crippen LogP contribution is -2.33. The summed E-state index contributed by atoms with van der Waals surface area (Å²) in [6.07, 6.45) is 0. The summed E-state index contributed by atoms with van der Waals surface area (Å²) in [5.74, 6) is 0.531. The van der Waals surface area contributed by atoms with Gasteiger partial charge in [-0.15, -0.1) is 0 Å². The van der Waals surface area contributed by atoms with E-state index in [9.17, 15) is 0 Å². The van der Waals surface area contributed by atoms with Crippen LogP contribution in [-0.4, -0.2) is 13.7 Å². The predicted molar refractivity (Wildman–Crippen MR) is 63.9 cm³/mol. The van der Waals surface area contributed by atoms with Crippen LogP contribution in [0.3, 0.4) is 0 Å². The Hall–Kier alpha value is -0.860. The van der Waals surface area contributed by atoms with Gasteiger partial charge in [0.25, 0.3) is 0 Å². The van der Waals surface area contributed by atoms with Gasteiger partial charge in [0.05, 0.1) is 0 Å². The highest BCUT2D eigenvalue weighted by atomic mass is 16.5. The first-order valence-electron chi connectivity index (χ1n) is 5.39. The van der Waals surface area contributed by atoms with Crippen molar-refractivity contribution in [3.05, 3.63) is 35.4 Å². The summed E-state index contributed by atoms with van der Waals surface area (Å²) in [5, 5.41) is 0. The molecule has 0 fully saturated rings. The van der Waals surface area contributed by atoms with Gasteiger partial charge in [0.15, 0.2) is 0 Å². The van der Waals surface area contributed by atoms with Crippen molar-refractivity contribution in [3.63, 3.8) is 0 Å². The van der Waals surface area contributed by atoms with E-state index in [-0.39, 0.29) is 5.60 Å². The van der Waals surface area contributed by atoms with Gasteiger partial charge in [-0.2, -0.15) is 0 Å². The maximum absolute atomic E-state index is 5.75. The summed E-state index contributed by atoms with van der Waals surface area (Å²) in [6.45, 7) is 6.88. The SMILES string of the molecule is COC(C)(CN)c1cccc(C(C)C)c1. The minimum atomic E-state index is -0.370. The zero-order valence-electron chi connectivity index (χ0n) is 10.1. The number of ether oxygens (including phenoxy) is 1. The van der Waals surface area contributed by atoms with Crippen LogP contribution in [0.2, 0.25) is 0 Å². The van der Waals surface area contributed by atoms with Crippen molar-refractivity contribution < 1.29 is 4.74 Å². The first kappa shape index (κ1) is 12.2. The summed E-state index contributed by atoms with van der Waals surface area (Å²) in [5.41, 5.74) is 7.86. The van der Waals surface area contributed by atoms with Gasteiger partial charge in [-0.1, -0.05) is 38.1 Å². The van der Waals surface area contributed by atoms with E-state index in [0.29, 0.717) is 12.5 Å². The van der Waals surface area contributed by atoms with Gasteiger partial charge in [0, 0.05) is 13.7 Å². The van der Waals surface area contributed by atoms with Crippen molar-refractivity contribution in [1.82, 2.24) is 0 Å². The van der Waals surface area contributed by atoms with Crippen molar-refractivity contribution in [2.24, 2.45) is 5.73 Å². The van der Waals surface area contributed by atoms with Crippen molar-refractivity contribution in [3.8, 4) is 0 Å². The van der Waals surface area contributed by atoms with E-state index in [1.165, 1.54) is 5.56 Å². The fraction of sp³-hybridized carbons (Fsp3) is 0.538. The molecule has 0 aromatic heterocycles. The molecule has 2 heteroatoms. The van der Waals surface area contributed by atoms with Gasteiger partial charge in [-0.05, 0) is 24.0 Å². The molecular formula is C13H21NO. The molecule has 1 aromatic rings. The molecular weight excluding hydrogens is 186 g/mol. The normalized spacial score (nSPS) is 15.3. The van der Waals surface area contributed by atoms with Crippen molar-refractivity contribution in [2.45, 2.75) is 32.3 Å². The van der Waals surface area contributed by atoms with Crippen LogP contribution in [0.25, 0.3) is 0 Å². The fourth-order valence-electron chi connectivity index (χ4n) is 1.55. The lowest BCUT2D eigenvalue weighted by atomic mass is 9.91. The molecule has 0 saturated carbocycles. The lowest BCUT2D eigenvalue weighted by molar-refractivity contribution is 0.0100. The molecule has 0 heterocycles. The zero-order valence-corrected chi connectivity index (χ0v) is 10.1. The van der Waals surface area contributed by atoms with Crippen LogP contribution >= 0.6 is 0 Å². The van der Waals surface area contributed by atoms with Gasteiger partial charge in [-0.25, -0.2) is 0 Å². The molecule has 15 heavy (non-hydrogen) atoms. The highest BCUT2D eigenvalue weighted by Crippen LogP contribution is 2.26. The minimum Gasteiger partial charge on any atom is -0.372 e. The minimum absolute atomic E-state index is 0.370. The average molecular weight is 207 g/mol. The van der Waals surface area contributed by atoms with Crippen molar-refractivity contribution in [2.75, 3.05) is 13.7 Å². The largest absolute Gasteiger partial charge is 0.372 e. The molecule has 0 bridgehead atoms. The lowest BCUT2D eigenvalue weighted by Gasteiger charge is -2.27. The summed E-state index contributed by atoms with van der Waals surface area (Å²) in [6, 6.07) is 8.46. The second kappa shape index (κ2) is 4.77. The molecule has 0 saturated heterocycles. The molecule has 1 atom stereocenters. The quantitative estimate of drug-likeness (QED) is 0.823. The van der Waals surface area contributed by atoms with Crippen molar-refractivity contribution >= 4 is 0 Å². The second-order valence-electron chi connectivity index (χ2n) is 4.42. The zero-order chi connectivity index (χ0) is 11.5. The van der Waals surface area contributed by atoms with Gasteiger partial charge in [0.1, 0.15) is 5.60 Å². The standard InChI is InChI=1S/C13H21NO/c1-10(2)11-6-5-7-12(8-11)13(3,9-14)15-4/h5-8,10H,9,14H2,1-4H3. The van der Waals surface area contributed by atoms with Gasteiger partial charge >= 0.3 is 0 Å². The van der Waals surface area contributed by atoms with Crippen LogP contribution in [0, 0.1) is 0 Å². The average Bonchev–Trinajstić information content (AvgIpc) is 2.28. The van der Waals surface area contributed by atoms with E-state index < -0.39 is 0 Å². The van der Waals surface area contributed by atoms with E-state index in [0.717, 1.165) is 5.56 Å². The highest BCUT2D eigenvalue weighted by molar-refractivity contribution is 5.30. The molecule has 0 aliphatic carbocycles. The Balaban J connectivity index is 3.09. The molecule has 1 unspecified atom stereocenters. The molecule has 84 valence electrons. The third-order valence-electron chi connectivity index (χ3n) is 3.00. The van der Waals surface area contributed by atoms with Crippen LogP contribution in [0.1, 0.15) is 37.8 Å². The Morgan fingerprint density at radius 2 is 2.07 bits per heavy atom. The molecule has 0 aliphatic rings. The first-order chi connectivity index (χ1) is 7.03. The summed E-state index contributed by atoms with van der Waals surface area (Å²) in [7, 11) is 1.70. The number of rotatable bonds is 4. The Kier molecular flexibility index (Phi) is 3.89. The number of benzene rings is 1. The smallest absolute Gasteiger partial charge is 0.102 e. The maximum Gasteiger partial charge on any atom is 0.102 e. The molecule has 1 aromatic carbocycles. The fourth-order valence-corrected chi connectivity index (χ4v) is 1.55. The third-order valence-corrected chi connectivity index (χ3v) is 3.00. The molecule has 2 N–H and O–H groups in total. The predicted octanol–water partition coefficient (Wildman–Crippen LogP) is 2.63. The second-order valence-corrected chi connectivity index (χ2v) is 4.42. The molecule has 0 spiro atoms. The van der Waals surface area contributed by atoms with Crippen LogP contribution in [0.15, 0.2) is 24.3 Å². The Bertz CT molecular complexity index is 316. The van der Waals surface area contributed by atoms with Crippen LogP contribution < -0.4 is 5.73 Å². The van der Waals surface area contributed by atoms with E-state index in [4.69, 9.17) is 10.5 Å². The molecule has 0 aliphatic heterocycles. The van der Waals surface area contributed by atoms with E-state index in [1.54, 1.807) is 7.11 Å². The van der Waals surface area contributed by atoms with Crippen molar-refractivity contribution in [1.29, 1.82) is 0 Å². The van der Waals surface area contributed by atoms with Gasteiger partial charge in [-0.3, -0.25) is 0 Å². The van der Waals surface area contributed by atoms with E-state index in [2.05, 4.69) is 38.1 Å². The molecule has 2 nitrogen and oxygen atoms in total. The Morgan fingerprint density at radius 1 is 1.40 bits per heavy atom. The Labute approximate surface area is 92.4 Å². The van der Waals surface area contributed by atoms with E-state index >= 15 is 0 Å². The van der Waals surface area contributed by atoms with Gasteiger partial charge in [0.2, 0.25) is 0 Å². The number of hydrogen-bond donors (Lipinski definition) is 1. The van der Waals surface area contributed by atoms with Crippen LogP contribution in [0.5, 0.6) is 0 Å². The maximum atomic E-state index is 5.75. The molecule has 0 amide bonds. The summed E-state index contributed by atoms with van der Waals surface area (Å²) >= 11 is 0. The first-order valence-corrected chi connectivity index (χ1v) is 5.39. The van der Waals surface area contributed by atoms with Crippen LogP contribution in [0.4, 0.5) is 0 Å². The molecule has 1 rings (SSSR count). The topological polar surface area (TPSA) is 35.2 Å². The summed E-state index contributed by atoms with van der Waals surface area (Å²) in [4.78, 5) is 0. The van der Waals surface area contributed by atoms with Gasteiger partial charge < -0.3 is 10.5 Å². The summed E-state index contributed by atoms with van der Waals surface area (Å²) < 4.78 is 5.48. The van der Waals surface area contributed by atoms with Crippen LogP contribution in [-0.2, 0) is 10.3 Å². The monoisotopic (exact) mass is 207 g/mol.